The van der Waals surface area contributed by atoms with Crippen LogP contribution in [0.5, 0.6) is 0 Å². The Balaban J connectivity index is 1.43. The Labute approximate surface area is 198 Å². The van der Waals surface area contributed by atoms with E-state index in [2.05, 4.69) is 53.3 Å². The van der Waals surface area contributed by atoms with Crippen molar-refractivity contribution in [1.82, 2.24) is 15.2 Å². The van der Waals surface area contributed by atoms with Crippen LogP contribution in [0.15, 0.2) is 48.7 Å². The maximum Gasteiger partial charge on any atom is 0.226 e. The number of hydrogen-bond donors (Lipinski definition) is 1. The number of nitrogens with zero attached hydrogens (tertiary/aromatic N) is 2. The largest absolute Gasteiger partial charge is 0.381 e. The lowest BCUT2D eigenvalue weighted by atomic mass is 9.74. The molecule has 2 fully saturated rings. The van der Waals surface area contributed by atoms with E-state index in [1.54, 1.807) is 6.20 Å². The molecule has 2 saturated heterocycles. The van der Waals surface area contributed by atoms with Gasteiger partial charge in [-0.15, -0.1) is 0 Å². The van der Waals surface area contributed by atoms with Gasteiger partial charge in [-0.2, -0.15) is 0 Å². The van der Waals surface area contributed by atoms with Crippen molar-refractivity contribution in [1.29, 1.82) is 0 Å². The van der Waals surface area contributed by atoms with Crippen LogP contribution in [0.1, 0.15) is 62.3 Å². The number of likely N-dealkylation sites (tertiary alicyclic amines) is 1. The summed E-state index contributed by atoms with van der Waals surface area (Å²) in [5, 5.41) is 3.22. The van der Waals surface area contributed by atoms with Crippen LogP contribution in [0, 0.1) is 5.41 Å². The van der Waals surface area contributed by atoms with Crippen LogP contribution in [-0.2, 0) is 22.4 Å². The predicted molar refractivity (Wildman–Crippen MR) is 132 cm³/mol. The van der Waals surface area contributed by atoms with E-state index in [1.807, 2.05) is 18.2 Å². The molecule has 1 aromatic heterocycles. The topological polar surface area (TPSA) is 54.5 Å². The summed E-state index contributed by atoms with van der Waals surface area (Å²) in [7, 11) is 0. The number of hydrogen-bond acceptors (Lipinski definition) is 4. The van der Waals surface area contributed by atoms with Crippen LogP contribution in [0.4, 0.5) is 0 Å². The second-order valence-electron chi connectivity index (χ2n) is 10.1. The van der Waals surface area contributed by atoms with Crippen molar-refractivity contribution in [3.05, 3.63) is 65.5 Å². The summed E-state index contributed by atoms with van der Waals surface area (Å²) in [5.74, 6) is 0.745. The lowest BCUT2D eigenvalue weighted by molar-refractivity contribution is -0.136. The standard InChI is InChI=1S/C28H39N3O2/c1-22(2)31-16-6-9-25(21-31)24-8-5-7-23(19-24)20-28(12-17-33-18-13-28)27(32)30-15-11-26-10-3-4-14-29-26/h3-5,7-8,10,14,19,22,25H,6,9,11-13,15-18,20-21H2,1-2H3,(H,30,32)/t25-/m0/s1. The highest BCUT2D eigenvalue weighted by Crippen LogP contribution is 2.36. The summed E-state index contributed by atoms with van der Waals surface area (Å²) < 4.78 is 5.64. The fourth-order valence-corrected chi connectivity index (χ4v) is 5.38. The lowest BCUT2D eigenvalue weighted by Gasteiger charge is -2.37. The predicted octanol–water partition coefficient (Wildman–Crippen LogP) is 4.37. The second kappa shape index (κ2) is 11.3. The van der Waals surface area contributed by atoms with Gasteiger partial charge in [-0.3, -0.25) is 9.78 Å². The van der Waals surface area contributed by atoms with Crippen molar-refractivity contribution in [3.8, 4) is 0 Å². The minimum Gasteiger partial charge on any atom is -0.381 e. The Morgan fingerprint density at radius 1 is 1.21 bits per heavy atom. The van der Waals surface area contributed by atoms with E-state index in [0.29, 0.717) is 31.7 Å². The molecule has 33 heavy (non-hydrogen) atoms. The summed E-state index contributed by atoms with van der Waals surface area (Å²) in [5.41, 5.74) is 3.32. The van der Waals surface area contributed by atoms with Crippen LogP contribution in [-0.4, -0.2) is 54.7 Å². The smallest absolute Gasteiger partial charge is 0.226 e. The van der Waals surface area contributed by atoms with Crippen LogP contribution in [0.25, 0.3) is 0 Å². The maximum absolute atomic E-state index is 13.4. The summed E-state index contributed by atoms with van der Waals surface area (Å²) in [4.78, 5) is 20.4. The number of carbonyl (C=O) groups is 1. The molecule has 1 N–H and O–H groups in total. The third-order valence-corrected chi connectivity index (χ3v) is 7.47. The number of nitrogens with one attached hydrogen (secondary N) is 1. The zero-order valence-corrected chi connectivity index (χ0v) is 20.3. The molecule has 0 saturated carbocycles. The molecule has 5 heteroatoms. The zero-order valence-electron chi connectivity index (χ0n) is 20.3. The minimum absolute atomic E-state index is 0.163. The van der Waals surface area contributed by atoms with Crippen LogP contribution < -0.4 is 5.32 Å². The molecule has 178 valence electrons. The number of carbonyl (C=O) groups excluding carboxylic acids is 1. The fraction of sp³-hybridized carbons (Fsp3) is 0.571. The molecule has 0 bridgehead atoms. The van der Waals surface area contributed by atoms with E-state index in [4.69, 9.17) is 4.74 Å². The van der Waals surface area contributed by atoms with Crippen molar-refractivity contribution in [2.75, 3.05) is 32.8 Å². The van der Waals surface area contributed by atoms with E-state index in [0.717, 1.165) is 37.9 Å². The van der Waals surface area contributed by atoms with Gasteiger partial charge >= 0.3 is 0 Å². The molecule has 5 nitrogen and oxygen atoms in total. The molecule has 4 rings (SSSR count). The third-order valence-electron chi connectivity index (χ3n) is 7.47. The highest BCUT2D eigenvalue weighted by molar-refractivity contribution is 5.83. The molecular formula is C28H39N3O2. The summed E-state index contributed by atoms with van der Waals surface area (Å²) in [6, 6.07) is 15.5. The van der Waals surface area contributed by atoms with Crippen LogP contribution in [0.3, 0.4) is 0 Å². The first-order valence-electron chi connectivity index (χ1n) is 12.6. The molecule has 2 aromatic rings. The van der Waals surface area contributed by atoms with Crippen molar-refractivity contribution in [2.45, 2.75) is 64.3 Å². The van der Waals surface area contributed by atoms with Crippen molar-refractivity contribution in [3.63, 3.8) is 0 Å². The van der Waals surface area contributed by atoms with Crippen LogP contribution >= 0.6 is 0 Å². The number of rotatable bonds is 8. The molecule has 0 radical (unpaired) electrons. The highest BCUT2D eigenvalue weighted by Gasteiger charge is 2.40. The third kappa shape index (κ3) is 6.21. The van der Waals surface area contributed by atoms with Gasteiger partial charge < -0.3 is 15.0 Å². The Bertz CT molecular complexity index is 893. The molecule has 2 aliphatic rings. The first-order chi connectivity index (χ1) is 16.1. The van der Waals surface area contributed by atoms with E-state index >= 15 is 0 Å². The fourth-order valence-electron chi connectivity index (χ4n) is 5.38. The summed E-state index contributed by atoms with van der Waals surface area (Å²) in [6.45, 7) is 8.84. The first kappa shape index (κ1) is 23.9. The number of amides is 1. The average molecular weight is 450 g/mol. The lowest BCUT2D eigenvalue weighted by Crippen LogP contribution is -2.46. The van der Waals surface area contributed by atoms with Crippen molar-refractivity contribution >= 4 is 5.91 Å². The quantitative estimate of drug-likeness (QED) is 0.650. The van der Waals surface area contributed by atoms with E-state index < -0.39 is 5.41 Å². The second-order valence-corrected chi connectivity index (χ2v) is 10.1. The Kier molecular flexibility index (Phi) is 8.15. The van der Waals surface area contributed by atoms with Gasteiger partial charge in [0, 0.05) is 50.7 Å². The first-order valence-corrected chi connectivity index (χ1v) is 12.6. The van der Waals surface area contributed by atoms with E-state index in [1.165, 1.54) is 30.5 Å². The minimum atomic E-state index is -0.391. The van der Waals surface area contributed by atoms with E-state index in [-0.39, 0.29) is 5.91 Å². The molecule has 3 heterocycles. The van der Waals surface area contributed by atoms with Gasteiger partial charge in [0.15, 0.2) is 0 Å². The zero-order chi connectivity index (χ0) is 23.1. The number of pyridine rings is 1. The number of piperidine rings is 1. The molecule has 1 atom stereocenters. The van der Waals surface area contributed by atoms with Gasteiger partial charge in [0.1, 0.15) is 0 Å². The molecule has 2 aliphatic heterocycles. The van der Waals surface area contributed by atoms with Gasteiger partial charge in [-0.05, 0) is 81.7 Å². The van der Waals surface area contributed by atoms with Crippen molar-refractivity contribution in [2.24, 2.45) is 5.41 Å². The normalized spacial score (nSPS) is 21.1. The molecule has 0 aliphatic carbocycles. The molecule has 0 unspecified atom stereocenters. The van der Waals surface area contributed by atoms with Gasteiger partial charge in [0.2, 0.25) is 5.91 Å². The SMILES string of the molecule is CC(C)N1CCC[C@H](c2cccc(CC3(C(=O)NCCc4ccccn4)CCOCC3)c2)C1. The van der Waals surface area contributed by atoms with Gasteiger partial charge in [-0.25, -0.2) is 0 Å². The summed E-state index contributed by atoms with van der Waals surface area (Å²) >= 11 is 0. The molecule has 0 spiro atoms. The molecule has 1 amide bonds. The Morgan fingerprint density at radius 3 is 2.82 bits per heavy atom. The van der Waals surface area contributed by atoms with Gasteiger partial charge in [-0.1, -0.05) is 30.3 Å². The van der Waals surface area contributed by atoms with E-state index in [9.17, 15) is 4.79 Å². The number of benzene rings is 1. The number of ether oxygens (including phenoxy) is 1. The molecule has 1 aromatic carbocycles. The Morgan fingerprint density at radius 2 is 2.06 bits per heavy atom. The monoisotopic (exact) mass is 449 g/mol. The van der Waals surface area contributed by atoms with Crippen LogP contribution in [0.2, 0.25) is 0 Å². The average Bonchev–Trinajstić information content (AvgIpc) is 2.85. The molecular weight excluding hydrogens is 410 g/mol. The van der Waals surface area contributed by atoms with Gasteiger partial charge in [0.25, 0.3) is 0 Å². The van der Waals surface area contributed by atoms with Crippen molar-refractivity contribution < 1.29 is 9.53 Å². The summed E-state index contributed by atoms with van der Waals surface area (Å²) in [6.07, 6.45) is 7.39. The Hall–Kier alpha value is -2.24. The maximum atomic E-state index is 13.4. The number of aromatic nitrogens is 1. The highest BCUT2D eigenvalue weighted by atomic mass is 16.5. The van der Waals surface area contributed by atoms with Gasteiger partial charge in [0.05, 0.1) is 5.41 Å².